The van der Waals surface area contributed by atoms with Crippen molar-refractivity contribution in [2.24, 2.45) is 0 Å². The lowest BCUT2D eigenvalue weighted by molar-refractivity contribution is 0.560. The van der Waals surface area contributed by atoms with Gasteiger partial charge in [-0.2, -0.15) is 5.10 Å². The molecule has 28 heavy (non-hydrogen) atoms. The number of fused-ring (bicyclic) bond motifs is 1. The van der Waals surface area contributed by atoms with Gasteiger partial charge in [0.2, 0.25) is 5.43 Å². The second-order valence-electron chi connectivity index (χ2n) is 6.52. The first-order valence-corrected chi connectivity index (χ1v) is 8.65. The van der Waals surface area contributed by atoms with Crippen molar-refractivity contribution in [3.05, 3.63) is 99.5 Å². The molecule has 0 N–H and O–H groups in total. The van der Waals surface area contributed by atoms with Gasteiger partial charge in [-0.1, -0.05) is 30.3 Å². The van der Waals surface area contributed by atoms with Crippen LogP contribution < -0.4 is 5.43 Å². The summed E-state index contributed by atoms with van der Waals surface area (Å²) in [5.74, 6) is -1.92. The fourth-order valence-corrected chi connectivity index (χ4v) is 3.18. The van der Waals surface area contributed by atoms with E-state index in [-0.39, 0.29) is 23.4 Å². The highest BCUT2D eigenvalue weighted by atomic mass is 19.1. The van der Waals surface area contributed by atoms with Gasteiger partial charge in [0.1, 0.15) is 23.1 Å². The Hall–Kier alpha value is -3.41. The largest absolute Gasteiger partial charge is 0.287 e. The van der Waals surface area contributed by atoms with Crippen molar-refractivity contribution in [2.75, 3.05) is 0 Å². The molecule has 0 saturated heterocycles. The number of halogens is 3. The minimum absolute atomic E-state index is 0.0344. The van der Waals surface area contributed by atoms with Crippen molar-refractivity contribution in [1.82, 2.24) is 9.78 Å². The highest BCUT2D eigenvalue weighted by Gasteiger charge is 2.17. The van der Waals surface area contributed by atoms with Crippen LogP contribution in [0.4, 0.5) is 13.2 Å². The Morgan fingerprint density at radius 1 is 0.964 bits per heavy atom. The first kappa shape index (κ1) is 18.0. The van der Waals surface area contributed by atoms with Gasteiger partial charge < -0.3 is 0 Å². The maximum Gasteiger partial charge on any atom is 0.216 e. The van der Waals surface area contributed by atoms with Crippen LogP contribution >= 0.6 is 0 Å². The van der Waals surface area contributed by atoms with Crippen molar-refractivity contribution in [2.45, 2.75) is 13.5 Å². The minimum atomic E-state index is -0.715. The van der Waals surface area contributed by atoms with Gasteiger partial charge >= 0.3 is 0 Å². The monoisotopic (exact) mass is 380 g/mol. The Morgan fingerprint density at radius 3 is 2.54 bits per heavy atom. The van der Waals surface area contributed by atoms with Crippen LogP contribution in [0.2, 0.25) is 0 Å². The van der Waals surface area contributed by atoms with Crippen LogP contribution in [-0.2, 0) is 6.54 Å². The first-order valence-electron chi connectivity index (χ1n) is 8.65. The predicted octanol–water partition coefficient (Wildman–Crippen LogP) is 4.84. The van der Waals surface area contributed by atoms with Gasteiger partial charge in [-0.05, 0) is 36.8 Å². The third-order valence-electron chi connectivity index (χ3n) is 4.64. The van der Waals surface area contributed by atoms with Gasteiger partial charge in [-0.3, -0.25) is 9.48 Å². The molecule has 0 aliphatic rings. The molecule has 0 atom stereocenters. The van der Waals surface area contributed by atoms with E-state index in [0.717, 1.165) is 12.1 Å². The summed E-state index contributed by atoms with van der Waals surface area (Å²) in [5.41, 5.74) is 0.705. The highest BCUT2D eigenvalue weighted by molar-refractivity contribution is 5.82. The third-order valence-corrected chi connectivity index (χ3v) is 4.64. The molecule has 3 nitrogen and oxygen atoms in total. The van der Waals surface area contributed by atoms with Crippen LogP contribution in [0.3, 0.4) is 0 Å². The van der Waals surface area contributed by atoms with Crippen LogP contribution in [-0.4, -0.2) is 9.78 Å². The van der Waals surface area contributed by atoms with E-state index < -0.39 is 22.9 Å². The molecule has 1 aromatic heterocycles. The molecule has 0 fully saturated rings. The maximum absolute atomic E-state index is 14.6. The average molecular weight is 380 g/mol. The van der Waals surface area contributed by atoms with Crippen LogP contribution in [0.1, 0.15) is 11.1 Å². The van der Waals surface area contributed by atoms with E-state index in [9.17, 15) is 18.0 Å². The van der Waals surface area contributed by atoms with Crippen molar-refractivity contribution >= 4 is 10.9 Å². The van der Waals surface area contributed by atoms with Crippen molar-refractivity contribution in [3.63, 3.8) is 0 Å². The maximum atomic E-state index is 14.6. The summed E-state index contributed by atoms with van der Waals surface area (Å²) in [6.45, 7) is 1.57. The molecule has 4 rings (SSSR count). The van der Waals surface area contributed by atoms with Crippen LogP contribution in [0.5, 0.6) is 0 Å². The molecule has 1 heterocycles. The molecule has 6 heteroatoms. The summed E-state index contributed by atoms with van der Waals surface area (Å²) in [6.07, 6.45) is 0. The molecule has 4 aromatic rings. The number of nitrogens with zero attached hydrogens (tertiary/aromatic N) is 2. The third kappa shape index (κ3) is 3.07. The fourth-order valence-electron chi connectivity index (χ4n) is 3.18. The lowest BCUT2D eigenvalue weighted by atomic mass is 10.1. The quantitative estimate of drug-likeness (QED) is 0.510. The van der Waals surface area contributed by atoms with E-state index >= 15 is 0 Å². The molecule has 0 unspecified atom stereocenters. The molecule has 0 aliphatic heterocycles. The Kier molecular flexibility index (Phi) is 4.47. The molecular formula is C22H15F3N2O. The number of benzene rings is 3. The first-order chi connectivity index (χ1) is 13.5. The van der Waals surface area contributed by atoms with E-state index in [2.05, 4.69) is 5.10 Å². The lowest BCUT2D eigenvalue weighted by Gasteiger charge is -2.13. The second-order valence-corrected chi connectivity index (χ2v) is 6.52. The summed E-state index contributed by atoms with van der Waals surface area (Å²) in [4.78, 5) is 12.9. The summed E-state index contributed by atoms with van der Waals surface area (Å²) >= 11 is 0. The predicted molar refractivity (Wildman–Crippen MR) is 102 cm³/mol. The highest BCUT2D eigenvalue weighted by Crippen LogP contribution is 2.23. The molecule has 0 spiro atoms. The van der Waals surface area contributed by atoms with Crippen molar-refractivity contribution < 1.29 is 13.2 Å². The van der Waals surface area contributed by atoms with E-state index in [0.29, 0.717) is 16.5 Å². The lowest BCUT2D eigenvalue weighted by Crippen LogP contribution is -2.18. The van der Waals surface area contributed by atoms with E-state index in [1.54, 1.807) is 43.3 Å². The number of para-hydroxylation sites is 1. The Bertz CT molecular complexity index is 1260. The molecule has 0 bridgehead atoms. The number of rotatable bonds is 3. The van der Waals surface area contributed by atoms with Crippen molar-refractivity contribution in [3.8, 4) is 11.3 Å². The zero-order valence-corrected chi connectivity index (χ0v) is 14.9. The fraction of sp³-hybridized carbons (Fsp3) is 0.0909. The Labute approximate surface area is 158 Å². The van der Waals surface area contributed by atoms with E-state index in [1.165, 1.54) is 16.8 Å². The summed E-state index contributed by atoms with van der Waals surface area (Å²) in [5, 5.41) is 4.68. The van der Waals surface area contributed by atoms with E-state index in [1.807, 2.05) is 0 Å². The molecular weight excluding hydrogens is 365 g/mol. The number of hydrogen-bond acceptors (Lipinski definition) is 2. The second kappa shape index (κ2) is 6.96. The summed E-state index contributed by atoms with van der Waals surface area (Å²) < 4.78 is 43.4. The summed E-state index contributed by atoms with van der Waals surface area (Å²) in [6, 6.07) is 14.7. The molecule has 140 valence electrons. The summed E-state index contributed by atoms with van der Waals surface area (Å²) in [7, 11) is 0. The average Bonchev–Trinajstić information content (AvgIpc) is 2.68. The zero-order chi connectivity index (χ0) is 19.8. The van der Waals surface area contributed by atoms with Gasteiger partial charge in [0, 0.05) is 22.6 Å². The molecule has 3 aromatic carbocycles. The standard InChI is InChI=1S/C22H15F3N2O/c1-13-5-4-7-17(20(13)25)21-22(28)16-6-2-3-8-19(16)27(26-21)12-14-9-10-15(23)11-18(14)24/h2-11H,12H2,1H3. The van der Waals surface area contributed by atoms with Crippen LogP contribution in [0, 0.1) is 24.4 Å². The number of aromatic nitrogens is 2. The Balaban J connectivity index is 1.97. The van der Waals surface area contributed by atoms with Crippen LogP contribution in [0.25, 0.3) is 22.2 Å². The molecule has 0 amide bonds. The van der Waals surface area contributed by atoms with Gasteiger partial charge in [-0.15, -0.1) is 0 Å². The Morgan fingerprint density at radius 2 is 1.75 bits per heavy atom. The number of hydrogen-bond donors (Lipinski definition) is 0. The van der Waals surface area contributed by atoms with Gasteiger partial charge in [0.05, 0.1) is 12.1 Å². The molecule has 0 saturated carbocycles. The minimum Gasteiger partial charge on any atom is -0.287 e. The van der Waals surface area contributed by atoms with Gasteiger partial charge in [0.25, 0.3) is 0 Å². The molecule has 0 radical (unpaired) electrons. The van der Waals surface area contributed by atoms with Crippen LogP contribution in [0.15, 0.2) is 65.5 Å². The smallest absolute Gasteiger partial charge is 0.216 e. The SMILES string of the molecule is Cc1cccc(-c2nn(Cc3ccc(F)cc3F)c3ccccc3c2=O)c1F. The number of aryl methyl sites for hydroxylation is 1. The normalized spacial score (nSPS) is 11.1. The van der Waals surface area contributed by atoms with Gasteiger partial charge in [-0.25, -0.2) is 13.2 Å². The topological polar surface area (TPSA) is 34.9 Å². The van der Waals surface area contributed by atoms with Gasteiger partial charge in [0.15, 0.2) is 0 Å². The van der Waals surface area contributed by atoms with Crippen molar-refractivity contribution in [1.29, 1.82) is 0 Å². The zero-order valence-electron chi connectivity index (χ0n) is 14.9. The molecule has 0 aliphatic carbocycles. The van der Waals surface area contributed by atoms with E-state index in [4.69, 9.17) is 0 Å².